The summed E-state index contributed by atoms with van der Waals surface area (Å²) in [6, 6.07) is 0. The van der Waals surface area contributed by atoms with E-state index in [0.717, 1.165) is 32.1 Å². The Morgan fingerprint density at radius 3 is 1.09 bits per heavy atom. The number of carbonyl (C=O) groups is 2. The molecule has 0 aromatic carbocycles. The Kier molecular flexibility index (Phi) is 42.3. The van der Waals surface area contributed by atoms with Crippen molar-refractivity contribution in [3.8, 4) is 0 Å². The summed E-state index contributed by atoms with van der Waals surface area (Å²) in [6.07, 6.45) is 40.7. The molecule has 0 rings (SSSR count). The summed E-state index contributed by atoms with van der Waals surface area (Å²) in [5.74, 6) is -0.906. The van der Waals surface area contributed by atoms with E-state index in [4.69, 9.17) is 23.6 Å². The maximum Gasteiger partial charge on any atom is 0.472 e. The van der Waals surface area contributed by atoms with Gasteiger partial charge >= 0.3 is 19.8 Å². The van der Waals surface area contributed by atoms with E-state index in [1.165, 1.54) is 173 Å². The van der Waals surface area contributed by atoms with Gasteiger partial charge in [-0.2, -0.15) is 0 Å². The zero-order chi connectivity index (χ0) is 41.9. The highest BCUT2D eigenvalue weighted by Crippen LogP contribution is 2.43. The van der Waals surface area contributed by atoms with Crippen LogP contribution < -0.4 is 0 Å². The number of hydrogen-bond donors (Lipinski definition) is 3. The summed E-state index contributed by atoms with van der Waals surface area (Å²) >= 11 is 0. The highest BCUT2D eigenvalue weighted by Gasteiger charge is 2.27. The first-order chi connectivity index (χ1) is 27.7. The molecule has 340 valence electrons. The predicted octanol–water partition coefficient (Wildman–Crippen LogP) is 13.0. The molecular formula is C46H91O10P. The second kappa shape index (κ2) is 43.1. The van der Waals surface area contributed by atoms with Crippen LogP contribution in [0.25, 0.3) is 0 Å². The molecule has 0 saturated carbocycles. The van der Waals surface area contributed by atoms with E-state index < -0.39 is 51.8 Å². The minimum Gasteiger partial charge on any atom is -0.462 e. The van der Waals surface area contributed by atoms with Crippen LogP contribution in [0.3, 0.4) is 0 Å². The van der Waals surface area contributed by atoms with E-state index >= 15 is 0 Å². The van der Waals surface area contributed by atoms with Gasteiger partial charge in [0.15, 0.2) is 6.10 Å². The van der Waals surface area contributed by atoms with Crippen molar-refractivity contribution < 1.29 is 47.8 Å². The van der Waals surface area contributed by atoms with Crippen molar-refractivity contribution in [2.75, 3.05) is 26.4 Å². The molecule has 0 saturated heterocycles. The number of carbonyl (C=O) groups excluding carboxylic acids is 2. The molecule has 0 aromatic heterocycles. The van der Waals surface area contributed by atoms with Gasteiger partial charge in [-0.1, -0.05) is 219 Å². The van der Waals surface area contributed by atoms with Crippen LogP contribution in [0.4, 0.5) is 0 Å². The number of phosphoric ester groups is 1. The Morgan fingerprint density at radius 1 is 0.456 bits per heavy atom. The number of hydrogen-bond acceptors (Lipinski definition) is 9. The number of aliphatic hydroxyl groups is 2. The van der Waals surface area contributed by atoms with Crippen molar-refractivity contribution in [3.05, 3.63) is 0 Å². The Labute approximate surface area is 350 Å². The molecule has 0 bridgehead atoms. The molecule has 0 spiro atoms. The summed E-state index contributed by atoms with van der Waals surface area (Å²) < 4.78 is 32.8. The van der Waals surface area contributed by atoms with Crippen LogP contribution in [0.2, 0.25) is 0 Å². The fraction of sp³-hybridized carbons (Fsp3) is 0.957. The van der Waals surface area contributed by atoms with Crippen molar-refractivity contribution in [2.45, 2.75) is 257 Å². The lowest BCUT2D eigenvalue weighted by Gasteiger charge is -2.20. The van der Waals surface area contributed by atoms with Crippen molar-refractivity contribution in [1.29, 1.82) is 0 Å². The zero-order valence-electron chi connectivity index (χ0n) is 37.1. The number of rotatable bonds is 46. The molecule has 3 N–H and O–H groups in total. The SMILES string of the molecule is CCCCCCCCCCCCCCCCCCCCCCC(=O)OC[C@H](COP(=O)(O)OC[C@H](O)CO)OC(=O)CCCCCCCCCCCCCCCC. The normalized spacial score (nSPS) is 13.7. The average Bonchev–Trinajstić information content (AvgIpc) is 3.20. The van der Waals surface area contributed by atoms with E-state index in [2.05, 4.69) is 13.8 Å². The fourth-order valence-electron chi connectivity index (χ4n) is 7.05. The molecule has 11 heteroatoms. The number of phosphoric acid groups is 1. The maximum atomic E-state index is 12.6. The molecule has 3 atom stereocenters. The van der Waals surface area contributed by atoms with E-state index in [9.17, 15) is 24.2 Å². The third kappa shape index (κ3) is 42.9. The van der Waals surface area contributed by atoms with E-state index in [0.29, 0.717) is 12.8 Å². The molecule has 0 aliphatic heterocycles. The molecule has 1 unspecified atom stereocenters. The number of ether oxygens (including phenoxy) is 2. The predicted molar refractivity (Wildman–Crippen MR) is 233 cm³/mol. The Morgan fingerprint density at radius 2 is 0.754 bits per heavy atom. The van der Waals surface area contributed by atoms with Crippen molar-refractivity contribution >= 4 is 19.8 Å². The second-order valence-corrected chi connectivity index (χ2v) is 18.0. The maximum absolute atomic E-state index is 12.6. The van der Waals surface area contributed by atoms with Crippen LogP contribution in [0.15, 0.2) is 0 Å². The topological polar surface area (TPSA) is 149 Å². The number of aliphatic hydroxyl groups excluding tert-OH is 2. The smallest absolute Gasteiger partial charge is 0.462 e. The van der Waals surface area contributed by atoms with Gasteiger partial charge in [0.05, 0.1) is 19.8 Å². The Bertz CT molecular complexity index is 920. The first-order valence-electron chi connectivity index (χ1n) is 24.0. The summed E-state index contributed by atoms with van der Waals surface area (Å²) in [5.41, 5.74) is 0. The third-order valence-corrected chi connectivity index (χ3v) is 11.7. The van der Waals surface area contributed by atoms with Gasteiger partial charge in [0.2, 0.25) is 0 Å². The number of unbranched alkanes of at least 4 members (excludes halogenated alkanes) is 32. The quantitative estimate of drug-likeness (QED) is 0.0307. The minimum absolute atomic E-state index is 0.192. The molecule has 0 aromatic rings. The van der Waals surface area contributed by atoms with Gasteiger partial charge in [0.25, 0.3) is 0 Å². The van der Waals surface area contributed by atoms with Gasteiger partial charge in [-0.3, -0.25) is 18.6 Å². The van der Waals surface area contributed by atoms with Gasteiger partial charge in [-0.25, -0.2) is 4.57 Å². The molecular weight excluding hydrogens is 743 g/mol. The molecule has 0 heterocycles. The van der Waals surface area contributed by atoms with Crippen LogP contribution in [-0.4, -0.2) is 65.7 Å². The van der Waals surface area contributed by atoms with Gasteiger partial charge in [-0.05, 0) is 12.8 Å². The molecule has 0 aliphatic rings. The molecule has 0 amide bonds. The summed E-state index contributed by atoms with van der Waals surface area (Å²) in [4.78, 5) is 35.1. The van der Waals surface area contributed by atoms with E-state index in [1.54, 1.807) is 0 Å². The van der Waals surface area contributed by atoms with E-state index in [-0.39, 0.29) is 19.4 Å². The minimum atomic E-state index is -4.61. The van der Waals surface area contributed by atoms with E-state index in [1.807, 2.05) is 0 Å². The van der Waals surface area contributed by atoms with Crippen molar-refractivity contribution in [2.24, 2.45) is 0 Å². The van der Waals surface area contributed by atoms with Gasteiger partial charge in [0.1, 0.15) is 12.7 Å². The first kappa shape index (κ1) is 56.0. The van der Waals surface area contributed by atoms with Gasteiger partial charge in [0, 0.05) is 12.8 Å². The summed E-state index contributed by atoms with van der Waals surface area (Å²) in [5, 5.41) is 18.4. The summed E-state index contributed by atoms with van der Waals surface area (Å²) in [7, 11) is -4.61. The zero-order valence-corrected chi connectivity index (χ0v) is 38.0. The van der Waals surface area contributed by atoms with Crippen LogP contribution in [0.5, 0.6) is 0 Å². The lowest BCUT2D eigenvalue weighted by molar-refractivity contribution is -0.161. The monoisotopic (exact) mass is 835 g/mol. The van der Waals surface area contributed by atoms with Crippen molar-refractivity contribution in [3.63, 3.8) is 0 Å². The molecule has 10 nitrogen and oxygen atoms in total. The van der Waals surface area contributed by atoms with Crippen LogP contribution >= 0.6 is 7.82 Å². The van der Waals surface area contributed by atoms with Gasteiger partial charge in [-0.15, -0.1) is 0 Å². The van der Waals surface area contributed by atoms with Crippen LogP contribution in [0, 0.1) is 0 Å². The first-order valence-corrected chi connectivity index (χ1v) is 25.5. The largest absolute Gasteiger partial charge is 0.472 e. The number of esters is 2. The molecule has 57 heavy (non-hydrogen) atoms. The molecule has 0 fully saturated rings. The highest BCUT2D eigenvalue weighted by atomic mass is 31.2. The average molecular weight is 835 g/mol. The summed E-state index contributed by atoms with van der Waals surface area (Å²) in [6.45, 7) is 2.44. The Hall–Kier alpha value is -1.03. The fourth-order valence-corrected chi connectivity index (χ4v) is 7.84. The van der Waals surface area contributed by atoms with Crippen LogP contribution in [-0.2, 0) is 32.7 Å². The second-order valence-electron chi connectivity index (χ2n) is 16.5. The van der Waals surface area contributed by atoms with Gasteiger partial charge < -0.3 is 24.6 Å². The standard InChI is InChI=1S/C46H91O10P/c1-3-5-7-9-11-13-15-17-19-20-21-22-23-24-26-27-29-31-33-35-37-45(49)53-41-44(42-55-57(51,52)54-40-43(48)39-47)56-46(50)38-36-34-32-30-28-25-18-16-14-12-10-8-6-4-2/h43-44,47-48H,3-42H2,1-2H3,(H,51,52)/t43-,44-/m1/s1. The lowest BCUT2D eigenvalue weighted by atomic mass is 10.0. The molecule has 0 aliphatic carbocycles. The highest BCUT2D eigenvalue weighted by molar-refractivity contribution is 7.47. The molecule has 0 radical (unpaired) electrons. The Balaban J connectivity index is 4.14. The van der Waals surface area contributed by atoms with Crippen molar-refractivity contribution in [1.82, 2.24) is 0 Å². The van der Waals surface area contributed by atoms with Crippen LogP contribution in [0.1, 0.15) is 245 Å². The third-order valence-electron chi connectivity index (χ3n) is 10.8. The lowest BCUT2D eigenvalue weighted by Crippen LogP contribution is -2.29.